The average Bonchev–Trinajstić information content (AvgIpc) is 3.53. The zero-order chi connectivity index (χ0) is 31.7. The van der Waals surface area contributed by atoms with Crippen LogP contribution in [0.5, 0.6) is 0 Å². The quantitative estimate of drug-likeness (QED) is 0.254. The molecule has 3 fully saturated rings. The fourth-order valence-electron chi connectivity index (χ4n) is 6.61. The fourth-order valence-corrected chi connectivity index (χ4v) is 6.61. The van der Waals surface area contributed by atoms with Crippen molar-refractivity contribution in [1.82, 2.24) is 24.8 Å². The van der Waals surface area contributed by atoms with Gasteiger partial charge in [-0.15, -0.1) is 0 Å². The average molecular weight is 617 g/mol. The monoisotopic (exact) mass is 616 g/mol. The minimum atomic E-state index is -1.11. The van der Waals surface area contributed by atoms with Crippen molar-refractivity contribution in [2.24, 2.45) is 5.41 Å². The minimum absolute atomic E-state index is 0.123. The van der Waals surface area contributed by atoms with Gasteiger partial charge < -0.3 is 34.0 Å². The molecule has 1 aromatic rings. The molecule has 246 valence electrons. The third kappa shape index (κ3) is 7.28. The van der Waals surface area contributed by atoms with E-state index in [1.807, 2.05) is 0 Å². The molecule has 0 spiro atoms. The summed E-state index contributed by atoms with van der Waals surface area (Å²) >= 11 is 0. The van der Waals surface area contributed by atoms with Crippen LogP contribution in [0.1, 0.15) is 79.6 Å². The van der Waals surface area contributed by atoms with Crippen molar-refractivity contribution >= 4 is 35.8 Å². The standard InChI is InChI=1S/C31H52N8O5/c1-6-35(7-2)27-32-28(36(8-3)9-4)34-29(33-27)37-19-21-38(22-20-37)30(42)44-23-24-15-14-18-39(24)25(40)31(26(41)43-10-5)16-12-11-13-17-31/h24H,6-23H2,1-5H3. The second-order valence-electron chi connectivity index (χ2n) is 11.8. The largest absolute Gasteiger partial charge is 0.465 e. The number of likely N-dealkylation sites (tertiary alicyclic amines) is 1. The summed E-state index contributed by atoms with van der Waals surface area (Å²) in [7, 11) is 0. The number of piperazine rings is 1. The maximum atomic E-state index is 13.8. The summed E-state index contributed by atoms with van der Waals surface area (Å²) in [5, 5.41) is 0. The summed E-state index contributed by atoms with van der Waals surface area (Å²) in [6, 6.07) is -0.233. The van der Waals surface area contributed by atoms with Crippen LogP contribution in [0.15, 0.2) is 0 Å². The maximum absolute atomic E-state index is 13.8. The van der Waals surface area contributed by atoms with Gasteiger partial charge >= 0.3 is 12.1 Å². The Balaban J connectivity index is 1.36. The van der Waals surface area contributed by atoms with Gasteiger partial charge in [-0.25, -0.2) is 4.79 Å². The Bertz CT molecular complexity index is 1080. The lowest BCUT2D eigenvalue weighted by atomic mass is 9.72. The van der Waals surface area contributed by atoms with Crippen LogP contribution in [0.25, 0.3) is 0 Å². The van der Waals surface area contributed by atoms with E-state index in [1.54, 1.807) is 16.7 Å². The SMILES string of the molecule is CCOC(=O)C1(C(=O)N2CCCC2COC(=O)N2CCN(c3nc(N(CC)CC)nc(N(CC)CC)n3)CC2)CCCCC1. The zero-order valence-electron chi connectivity index (χ0n) is 27.4. The lowest BCUT2D eigenvalue weighted by Gasteiger charge is -2.38. The lowest BCUT2D eigenvalue weighted by Crippen LogP contribution is -2.53. The predicted octanol–water partition coefficient (Wildman–Crippen LogP) is 3.33. The summed E-state index contributed by atoms with van der Waals surface area (Å²) in [4.78, 5) is 64.1. The number of rotatable bonds is 12. The highest BCUT2D eigenvalue weighted by atomic mass is 16.6. The van der Waals surface area contributed by atoms with Crippen molar-refractivity contribution in [3.05, 3.63) is 0 Å². The maximum Gasteiger partial charge on any atom is 0.409 e. The van der Waals surface area contributed by atoms with Crippen molar-refractivity contribution in [3.8, 4) is 0 Å². The number of carbonyl (C=O) groups is 3. The van der Waals surface area contributed by atoms with Crippen LogP contribution in [-0.4, -0.2) is 121 Å². The molecule has 3 aliphatic rings. The third-order valence-electron chi connectivity index (χ3n) is 9.33. The molecule has 0 radical (unpaired) electrons. The predicted molar refractivity (Wildman–Crippen MR) is 169 cm³/mol. The second-order valence-corrected chi connectivity index (χ2v) is 11.8. The van der Waals surface area contributed by atoms with Crippen LogP contribution in [0.3, 0.4) is 0 Å². The van der Waals surface area contributed by atoms with E-state index in [2.05, 4.69) is 42.4 Å². The van der Waals surface area contributed by atoms with Crippen molar-refractivity contribution < 1.29 is 23.9 Å². The van der Waals surface area contributed by atoms with Crippen LogP contribution in [0.4, 0.5) is 22.6 Å². The molecule has 2 amide bonds. The number of esters is 1. The van der Waals surface area contributed by atoms with Crippen LogP contribution >= 0.6 is 0 Å². The Kier molecular flexibility index (Phi) is 11.9. The molecule has 1 saturated carbocycles. The number of aromatic nitrogens is 3. The molecule has 0 bridgehead atoms. The number of ether oxygens (including phenoxy) is 2. The van der Waals surface area contributed by atoms with Crippen molar-refractivity contribution in [2.75, 3.05) is 86.8 Å². The molecule has 3 heterocycles. The summed E-state index contributed by atoms with van der Waals surface area (Å²) < 4.78 is 11.2. The molecule has 13 nitrogen and oxygen atoms in total. The van der Waals surface area contributed by atoms with E-state index in [-0.39, 0.29) is 31.3 Å². The molecular formula is C31H52N8O5. The van der Waals surface area contributed by atoms with E-state index < -0.39 is 11.4 Å². The Morgan fingerprint density at radius 3 is 1.91 bits per heavy atom. The number of amides is 2. The molecule has 1 unspecified atom stereocenters. The van der Waals surface area contributed by atoms with Crippen LogP contribution in [0, 0.1) is 5.41 Å². The van der Waals surface area contributed by atoms with Crippen molar-refractivity contribution in [1.29, 1.82) is 0 Å². The van der Waals surface area contributed by atoms with Gasteiger partial charge in [-0.3, -0.25) is 9.59 Å². The number of carbonyl (C=O) groups excluding carboxylic acids is 3. The highest BCUT2D eigenvalue weighted by Gasteiger charge is 2.51. The molecule has 1 aromatic heterocycles. The molecule has 4 rings (SSSR count). The normalized spacial score (nSPS) is 19.9. The molecular weight excluding hydrogens is 564 g/mol. The summed E-state index contributed by atoms with van der Waals surface area (Å²) in [6.45, 7) is 16.4. The van der Waals surface area contributed by atoms with Crippen molar-refractivity contribution in [2.45, 2.75) is 85.6 Å². The minimum Gasteiger partial charge on any atom is -0.465 e. The molecule has 1 aliphatic carbocycles. The van der Waals surface area contributed by atoms with Gasteiger partial charge in [0.1, 0.15) is 12.0 Å². The van der Waals surface area contributed by atoms with Gasteiger partial charge in [0.25, 0.3) is 0 Å². The second kappa shape index (κ2) is 15.6. The first-order valence-electron chi connectivity index (χ1n) is 16.7. The number of anilines is 3. The van der Waals surface area contributed by atoms with Crippen LogP contribution < -0.4 is 14.7 Å². The van der Waals surface area contributed by atoms with E-state index in [4.69, 9.17) is 24.4 Å². The smallest absolute Gasteiger partial charge is 0.409 e. The first kappa shape index (κ1) is 33.5. The Morgan fingerprint density at radius 1 is 0.773 bits per heavy atom. The van der Waals surface area contributed by atoms with Gasteiger partial charge in [0, 0.05) is 58.9 Å². The van der Waals surface area contributed by atoms with Gasteiger partial charge in [0.15, 0.2) is 0 Å². The van der Waals surface area contributed by atoms with Crippen LogP contribution in [0.2, 0.25) is 0 Å². The molecule has 1 atom stereocenters. The summed E-state index contributed by atoms with van der Waals surface area (Å²) in [6.07, 6.45) is 4.91. The number of hydrogen-bond acceptors (Lipinski definition) is 11. The Morgan fingerprint density at radius 2 is 1.36 bits per heavy atom. The Labute approximate surface area is 262 Å². The van der Waals surface area contributed by atoms with E-state index >= 15 is 0 Å². The fraction of sp³-hybridized carbons (Fsp3) is 0.806. The number of nitrogens with zero attached hydrogens (tertiary/aromatic N) is 8. The third-order valence-corrected chi connectivity index (χ3v) is 9.33. The molecule has 0 N–H and O–H groups in total. The molecule has 2 saturated heterocycles. The summed E-state index contributed by atoms with van der Waals surface area (Å²) in [5.74, 6) is 1.38. The molecule has 2 aliphatic heterocycles. The van der Waals surface area contributed by atoms with Crippen LogP contribution in [-0.2, 0) is 19.1 Å². The van der Waals surface area contributed by atoms with E-state index in [9.17, 15) is 14.4 Å². The van der Waals surface area contributed by atoms with Gasteiger partial charge in [-0.2, -0.15) is 15.0 Å². The van der Waals surface area contributed by atoms with Gasteiger partial charge in [-0.1, -0.05) is 19.3 Å². The van der Waals surface area contributed by atoms with Crippen molar-refractivity contribution in [3.63, 3.8) is 0 Å². The molecule has 44 heavy (non-hydrogen) atoms. The van der Waals surface area contributed by atoms with E-state index in [0.717, 1.165) is 58.3 Å². The highest BCUT2D eigenvalue weighted by molar-refractivity contribution is 6.03. The molecule has 13 heteroatoms. The highest BCUT2D eigenvalue weighted by Crippen LogP contribution is 2.41. The Hall–Kier alpha value is -3.38. The van der Waals surface area contributed by atoms with Gasteiger partial charge in [0.2, 0.25) is 23.8 Å². The lowest BCUT2D eigenvalue weighted by molar-refractivity contribution is -0.168. The topological polar surface area (TPSA) is 125 Å². The first-order valence-corrected chi connectivity index (χ1v) is 16.7. The van der Waals surface area contributed by atoms with Gasteiger partial charge in [0.05, 0.1) is 12.6 Å². The zero-order valence-corrected chi connectivity index (χ0v) is 27.4. The van der Waals surface area contributed by atoms with Gasteiger partial charge in [-0.05, 0) is 60.3 Å². The summed E-state index contributed by atoms with van der Waals surface area (Å²) in [5.41, 5.74) is -1.11. The first-order chi connectivity index (χ1) is 21.3. The number of hydrogen-bond donors (Lipinski definition) is 0. The van der Waals surface area contributed by atoms with E-state index in [0.29, 0.717) is 63.4 Å². The molecule has 0 aromatic carbocycles. The van der Waals surface area contributed by atoms with E-state index in [1.165, 1.54) is 0 Å².